The highest BCUT2D eigenvalue weighted by atomic mass is 32.2. The lowest BCUT2D eigenvalue weighted by Gasteiger charge is -2.26. The molecule has 1 N–H and O–H groups in total. The summed E-state index contributed by atoms with van der Waals surface area (Å²) in [5.41, 5.74) is -0.911. The van der Waals surface area contributed by atoms with Gasteiger partial charge in [-0.1, -0.05) is 18.0 Å². The van der Waals surface area contributed by atoms with Crippen LogP contribution in [0.1, 0.15) is 56.2 Å². The summed E-state index contributed by atoms with van der Waals surface area (Å²) in [6, 6.07) is 3.57. The summed E-state index contributed by atoms with van der Waals surface area (Å²) in [6.45, 7) is 0. The molecule has 0 bridgehead atoms. The fraction of sp³-hybridized carbons (Fsp3) is 0.529. The molecule has 0 saturated heterocycles. The Hall–Kier alpha value is -2.00. The zero-order chi connectivity index (χ0) is 18.4. The Labute approximate surface area is 151 Å². The van der Waals surface area contributed by atoms with Crippen LogP contribution in [0.15, 0.2) is 27.6 Å². The van der Waals surface area contributed by atoms with Gasteiger partial charge in [-0.15, -0.1) is 0 Å². The quantitative estimate of drug-likeness (QED) is 0.827. The van der Waals surface area contributed by atoms with Gasteiger partial charge in [-0.25, -0.2) is 12.8 Å². The Morgan fingerprint density at radius 1 is 1.31 bits per heavy atom. The molecule has 1 aromatic carbocycles. The molecule has 2 aliphatic rings. The number of benzene rings is 1. The van der Waals surface area contributed by atoms with Crippen molar-refractivity contribution in [2.45, 2.75) is 54.9 Å². The molecule has 2 aromatic rings. The van der Waals surface area contributed by atoms with Crippen LogP contribution in [-0.4, -0.2) is 25.7 Å². The third-order valence-corrected chi connectivity index (χ3v) is 6.55. The van der Waals surface area contributed by atoms with E-state index in [1.54, 1.807) is 0 Å². The molecule has 0 spiro atoms. The fourth-order valence-electron chi connectivity index (χ4n) is 3.41. The Morgan fingerprint density at radius 2 is 2.04 bits per heavy atom. The van der Waals surface area contributed by atoms with E-state index in [-0.39, 0.29) is 10.6 Å². The Kier molecular flexibility index (Phi) is 4.23. The molecule has 1 heterocycles. The number of nitrogens with zero attached hydrogens (tertiary/aromatic N) is 2. The second-order valence-electron chi connectivity index (χ2n) is 6.92. The van der Waals surface area contributed by atoms with Crippen LogP contribution in [0.5, 0.6) is 5.75 Å². The molecule has 0 amide bonds. The average Bonchev–Trinajstić information content (AvgIpc) is 3.15. The SMILES string of the molecule is COc1ccc(S(=O)(=O)NC2(c3noc(C4CC4)n3)CCCC2)cc1F. The molecule has 9 heteroatoms. The monoisotopic (exact) mass is 381 g/mol. The van der Waals surface area contributed by atoms with E-state index >= 15 is 0 Å². The maximum Gasteiger partial charge on any atom is 0.241 e. The van der Waals surface area contributed by atoms with Crippen molar-refractivity contribution in [2.75, 3.05) is 7.11 Å². The van der Waals surface area contributed by atoms with Crippen molar-refractivity contribution in [3.8, 4) is 5.75 Å². The number of nitrogens with one attached hydrogen (secondary N) is 1. The Balaban J connectivity index is 1.65. The van der Waals surface area contributed by atoms with Crippen LogP contribution in [-0.2, 0) is 15.6 Å². The largest absolute Gasteiger partial charge is 0.494 e. The van der Waals surface area contributed by atoms with E-state index < -0.39 is 21.4 Å². The van der Waals surface area contributed by atoms with Gasteiger partial charge in [-0.05, 0) is 43.9 Å². The summed E-state index contributed by atoms with van der Waals surface area (Å²) >= 11 is 0. The Morgan fingerprint density at radius 3 is 2.65 bits per heavy atom. The lowest BCUT2D eigenvalue weighted by Crippen LogP contribution is -2.44. The first-order valence-corrected chi connectivity index (χ1v) is 10.1. The number of halogens is 1. The van der Waals surface area contributed by atoms with Gasteiger partial charge in [0.1, 0.15) is 0 Å². The van der Waals surface area contributed by atoms with Crippen molar-refractivity contribution < 1.29 is 22.1 Å². The van der Waals surface area contributed by atoms with Gasteiger partial charge in [0.15, 0.2) is 17.4 Å². The third-order valence-electron chi connectivity index (χ3n) is 5.02. The number of ether oxygens (including phenoxy) is 1. The molecular formula is C17H20FN3O4S. The number of sulfonamides is 1. The van der Waals surface area contributed by atoms with E-state index in [9.17, 15) is 12.8 Å². The van der Waals surface area contributed by atoms with Crippen LogP contribution < -0.4 is 9.46 Å². The van der Waals surface area contributed by atoms with Gasteiger partial charge in [0.25, 0.3) is 0 Å². The molecule has 0 aliphatic heterocycles. The molecule has 4 rings (SSSR count). The highest BCUT2D eigenvalue weighted by Crippen LogP contribution is 2.42. The van der Waals surface area contributed by atoms with Gasteiger partial charge >= 0.3 is 0 Å². The zero-order valence-electron chi connectivity index (χ0n) is 14.4. The standard InChI is InChI=1S/C17H20FN3O4S/c1-24-14-7-6-12(10-13(14)18)26(22,23)21-17(8-2-3-9-17)16-19-15(25-20-16)11-4-5-11/h6-7,10-11,21H,2-5,8-9H2,1H3. The summed E-state index contributed by atoms with van der Waals surface area (Å²) in [5.74, 6) is 0.496. The third kappa shape index (κ3) is 3.09. The molecule has 0 radical (unpaired) electrons. The summed E-state index contributed by atoms with van der Waals surface area (Å²) in [6.07, 6.45) is 4.90. The lowest BCUT2D eigenvalue weighted by atomic mass is 9.98. The van der Waals surface area contributed by atoms with Crippen molar-refractivity contribution in [3.63, 3.8) is 0 Å². The van der Waals surface area contributed by atoms with E-state index in [2.05, 4.69) is 14.9 Å². The van der Waals surface area contributed by atoms with E-state index in [1.165, 1.54) is 19.2 Å². The van der Waals surface area contributed by atoms with Crippen molar-refractivity contribution >= 4 is 10.0 Å². The first-order valence-electron chi connectivity index (χ1n) is 8.65. The van der Waals surface area contributed by atoms with E-state index in [1.807, 2.05) is 0 Å². The van der Waals surface area contributed by atoms with Crippen LogP contribution in [0, 0.1) is 5.82 Å². The molecule has 26 heavy (non-hydrogen) atoms. The normalized spacial score (nSPS) is 19.6. The first-order chi connectivity index (χ1) is 12.4. The highest BCUT2D eigenvalue weighted by molar-refractivity contribution is 7.89. The number of rotatable bonds is 6. The summed E-state index contributed by atoms with van der Waals surface area (Å²) in [4.78, 5) is 4.29. The molecule has 140 valence electrons. The van der Waals surface area contributed by atoms with Crippen molar-refractivity contribution in [2.24, 2.45) is 0 Å². The van der Waals surface area contributed by atoms with Crippen LogP contribution >= 0.6 is 0 Å². The minimum atomic E-state index is -3.96. The second kappa shape index (κ2) is 6.31. The summed E-state index contributed by atoms with van der Waals surface area (Å²) in [5, 5.41) is 4.05. The van der Waals surface area contributed by atoms with E-state index in [0.29, 0.717) is 30.5 Å². The van der Waals surface area contributed by atoms with Crippen molar-refractivity contribution in [1.82, 2.24) is 14.9 Å². The zero-order valence-corrected chi connectivity index (χ0v) is 15.2. The van der Waals surface area contributed by atoms with Gasteiger partial charge in [-0.3, -0.25) is 0 Å². The van der Waals surface area contributed by atoms with E-state index in [4.69, 9.17) is 9.26 Å². The molecular weight excluding hydrogens is 361 g/mol. The molecule has 1 aromatic heterocycles. The average molecular weight is 381 g/mol. The maximum absolute atomic E-state index is 14.0. The van der Waals surface area contributed by atoms with Gasteiger partial charge in [0, 0.05) is 5.92 Å². The minimum Gasteiger partial charge on any atom is -0.494 e. The second-order valence-corrected chi connectivity index (χ2v) is 8.60. The molecule has 2 saturated carbocycles. The molecule has 0 atom stereocenters. The first kappa shape index (κ1) is 17.4. The van der Waals surface area contributed by atoms with Crippen LogP contribution in [0.2, 0.25) is 0 Å². The van der Waals surface area contributed by atoms with Crippen LogP contribution in [0.4, 0.5) is 4.39 Å². The van der Waals surface area contributed by atoms with Crippen molar-refractivity contribution in [1.29, 1.82) is 0 Å². The summed E-state index contributed by atoms with van der Waals surface area (Å²) in [7, 11) is -2.63. The predicted molar refractivity (Wildman–Crippen MR) is 89.7 cm³/mol. The smallest absolute Gasteiger partial charge is 0.241 e. The maximum atomic E-state index is 14.0. The van der Waals surface area contributed by atoms with Gasteiger partial charge in [-0.2, -0.15) is 9.71 Å². The number of hydrogen-bond acceptors (Lipinski definition) is 6. The summed E-state index contributed by atoms with van der Waals surface area (Å²) < 4.78 is 52.6. The van der Waals surface area contributed by atoms with Crippen LogP contribution in [0.3, 0.4) is 0 Å². The number of hydrogen-bond donors (Lipinski definition) is 1. The van der Waals surface area contributed by atoms with Crippen LogP contribution in [0.25, 0.3) is 0 Å². The topological polar surface area (TPSA) is 94.3 Å². The molecule has 7 nitrogen and oxygen atoms in total. The van der Waals surface area contributed by atoms with Gasteiger partial charge in [0.2, 0.25) is 15.9 Å². The number of methoxy groups -OCH3 is 1. The van der Waals surface area contributed by atoms with E-state index in [0.717, 1.165) is 31.7 Å². The van der Waals surface area contributed by atoms with Gasteiger partial charge in [0.05, 0.1) is 17.5 Å². The predicted octanol–water partition coefficient (Wildman–Crippen LogP) is 2.84. The highest BCUT2D eigenvalue weighted by Gasteiger charge is 2.44. The molecule has 2 fully saturated rings. The van der Waals surface area contributed by atoms with Crippen molar-refractivity contribution in [3.05, 3.63) is 35.7 Å². The molecule has 0 unspecified atom stereocenters. The Bertz CT molecular complexity index is 918. The minimum absolute atomic E-state index is 0.00762. The lowest BCUT2D eigenvalue weighted by molar-refractivity contribution is 0.333. The fourth-order valence-corrected chi connectivity index (χ4v) is 4.84. The van der Waals surface area contributed by atoms with Gasteiger partial charge < -0.3 is 9.26 Å². The number of aromatic nitrogens is 2. The molecule has 2 aliphatic carbocycles.